The Morgan fingerprint density at radius 3 is 2.60 bits per heavy atom. The Bertz CT molecular complexity index is 403. The topological polar surface area (TPSA) is 56.3 Å². The summed E-state index contributed by atoms with van der Waals surface area (Å²) in [5, 5.41) is 4.57. The predicted octanol–water partition coefficient (Wildman–Crippen LogP) is 1.87. The zero-order valence-electron chi connectivity index (χ0n) is 13.6. The van der Waals surface area contributed by atoms with Crippen LogP contribution in [0.1, 0.15) is 38.4 Å². The zero-order chi connectivity index (χ0) is 15.1. The summed E-state index contributed by atoms with van der Waals surface area (Å²) in [6.45, 7) is 11.7. The number of aromatic nitrogens is 2. The Morgan fingerprint density at radius 2 is 2.05 bits per heavy atom. The quantitative estimate of drug-likeness (QED) is 0.703. The first-order chi connectivity index (χ1) is 9.54. The van der Waals surface area contributed by atoms with Gasteiger partial charge in [-0.3, -0.25) is 4.68 Å². The van der Waals surface area contributed by atoms with Crippen LogP contribution in [0.25, 0.3) is 0 Å². The van der Waals surface area contributed by atoms with E-state index in [9.17, 15) is 0 Å². The van der Waals surface area contributed by atoms with Gasteiger partial charge in [0.1, 0.15) is 5.82 Å². The number of anilines is 1. The number of ether oxygens (including phenoxy) is 1. The molecule has 2 N–H and O–H groups in total. The molecule has 1 heterocycles. The second kappa shape index (κ2) is 8.27. The molecule has 20 heavy (non-hydrogen) atoms. The van der Waals surface area contributed by atoms with Gasteiger partial charge in [-0.05, 0) is 33.6 Å². The van der Waals surface area contributed by atoms with Crippen molar-refractivity contribution in [2.24, 2.45) is 12.8 Å². The molecule has 0 amide bonds. The van der Waals surface area contributed by atoms with Gasteiger partial charge in [0.25, 0.3) is 0 Å². The van der Waals surface area contributed by atoms with E-state index in [1.54, 1.807) is 0 Å². The molecule has 1 unspecified atom stereocenters. The van der Waals surface area contributed by atoms with Crippen molar-refractivity contribution in [1.29, 1.82) is 0 Å². The van der Waals surface area contributed by atoms with Gasteiger partial charge >= 0.3 is 0 Å². The third kappa shape index (κ3) is 4.21. The second-order valence-corrected chi connectivity index (χ2v) is 5.16. The summed E-state index contributed by atoms with van der Waals surface area (Å²) in [6.07, 6.45) is 1.87. The summed E-state index contributed by atoms with van der Waals surface area (Å²) in [7, 11) is 2.01. The van der Waals surface area contributed by atoms with Crippen molar-refractivity contribution in [2.45, 2.75) is 46.6 Å². The van der Waals surface area contributed by atoms with Gasteiger partial charge in [0.2, 0.25) is 0 Å². The molecule has 0 saturated carbocycles. The Balaban J connectivity index is 2.95. The van der Waals surface area contributed by atoms with Crippen molar-refractivity contribution in [3.63, 3.8) is 0 Å². The first-order valence-electron chi connectivity index (χ1n) is 7.65. The first-order valence-corrected chi connectivity index (χ1v) is 7.65. The van der Waals surface area contributed by atoms with Gasteiger partial charge in [-0.1, -0.05) is 6.92 Å². The molecule has 0 spiro atoms. The van der Waals surface area contributed by atoms with Crippen molar-refractivity contribution in [2.75, 3.05) is 31.2 Å². The molecule has 0 aliphatic carbocycles. The van der Waals surface area contributed by atoms with E-state index in [1.807, 2.05) is 18.7 Å². The highest BCUT2D eigenvalue weighted by molar-refractivity contribution is 5.50. The Morgan fingerprint density at radius 1 is 1.35 bits per heavy atom. The fourth-order valence-corrected chi connectivity index (χ4v) is 2.46. The van der Waals surface area contributed by atoms with E-state index in [2.05, 4.69) is 30.8 Å². The maximum absolute atomic E-state index is 6.14. The molecule has 0 bridgehead atoms. The summed E-state index contributed by atoms with van der Waals surface area (Å²) in [6, 6.07) is 0.197. The third-order valence-electron chi connectivity index (χ3n) is 3.69. The largest absolute Gasteiger partial charge is 0.380 e. The lowest BCUT2D eigenvalue weighted by molar-refractivity contribution is 0.153. The Hall–Kier alpha value is -1.07. The summed E-state index contributed by atoms with van der Waals surface area (Å²) in [4.78, 5) is 2.33. The van der Waals surface area contributed by atoms with Crippen LogP contribution in [0, 0.1) is 6.92 Å². The van der Waals surface area contributed by atoms with Gasteiger partial charge in [-0.2, -0.15) is 5.10 Å². The molecule has 0 radical (unpaired) electrons. The van der Waals surface area contributed by atoms with E-state index in [4.69, 9.17) is 10.5 Å². The molecule has 1 rings (SSSR count). The molecule has 116 valence electrons. The SMILES string of the molecule is CCOCCN(CC)c1c(CC(N)CC)c(C)nn1C. The molecule has 1 aromatic heterocycles. The fraction of sp³-hybridized carbons (Fsp3) is 0.800. The molecular weight excluding hydrogens is 252 g/mol. The van der Waals surface area contributed by atoms with E-state index in [0.717, 1.165) is 44.8 Å². The normalized spacial score (nSPS) is 12.7. The lowest BCUT2D eigenvalue weighted by Gasteiger charge is -2.25. The van der Waals surface area contributed by atoms with E-state index < -0.39 is 0 Å². The van der Waals surface area contributed by atoms with Gasteiger partial charge in [0.05, 0.1) is 12.3 Å². The highest BCUT2D eigenvalue weighted by Gasteiger charge is 2.19. The van der Waals surface area contributed by atoms with E-state index in [-0.39, 0.29) is 6.04 Å². The fourth-order valence-electron chi connectivity index (χ4n) is 2.46. The van der Waals surface area contributed by atoms with Crippen molar-refractivity contribution < 1.29 is 4.74 Å². The molecule has 0 aliphatic heterocycles. The van der Waals surface area contributed by atoms with E-state index >= 15 is 0 Å². The van der Waals surface area contributed by atoms with Crippen LogP contribution in [-0.4, -0.2) is 42.1 Å². The number of rotatable bonds is 9. The Labute approximate surface area is 123 Å². The molecule has 1 aromatic rings. The van der Waals surface area contributed by atoms with E-state index in [0.29, 0.717) is 0 Å². The highest BCUT2D eigenvalue weighted by Crippen LogP contribution is 2.24. The first kappa shape index (κ1) is 17.0. The van der Waals surface area contributed by atoms with Crippen LogP contribution in [-0.2, 0) is 18.2 Å². The number of aryl methyl sites for hydroxylation is 2. The summed E-state index contributed by atoms with van der Waals surface area (Å²) < 4.78 is 7.45. The summed E-state index contributed by atoms with van der Waals surface area (Å²) in [5.74, 6) is 1.19. The van der Waals surface area contributed by atoms with Crippen LogP contribution in [0.4, 0.5) is 5.82 Å². The maximum Gasteiger partial charge on any atom is 0.130 e. The van der Waals surface area contributed by atoms with Crippen LogP contribution in [0.15, 0.2) is 0 Å². The molecule has 0 saturated heterocycles. The van der Waals surface area contributed by atoms with Crippen molar-refractivity contribution in [1.82, 2.24) is 9.78 Å². The third-order valence-corrected chi connectivity index (χ3v) is 3.69. The van der Waals surface area contributed by atoms with Gasteiger partial charge in [-0.25, -0.2) is 0 Å². The van der Waals surface area contributed by atoms with Gasteiger partial charge in [-0.15, -0.1) is 0 Å². The standard InChI is InChI=1S/C15H30N4O/c1-6-13(16)11-14-12(4)17-18(5)15(14)19(7-2)9-10-20-8-3/h13H,6-11,16H2,1-5H3. The smallest absolute Gasteiger partial charge is 0.130 e. The summed E-state index contributed by atoms with van der Waals surface area (Å²) in [5.41, 5.74) is 8.50. The van der Waals surface area contributed by atoms with Crippen LogP contribution in [0.2, 0.25) is 0 Å². The average Bonchev–Trinajstić information content (AvgIpc) is 2.70. The molecule has 5 nitrogen and oxygen atoms in total. The monoisotopic (exact) mass is 282 g/mol. The second-order valence-electron chi connectivity index (χ2n) is 5.16. The molecule has 1 atom stereocenters. The predicted molar refractivity (Wildman–Crippen MR) is 84.3 cm³/mol. The van der Waals surface area contributed by atoms with Crippen LogP contribution < -0.4 is 10.6 Å². The minimum Gasteiger partial charge on any atom is -0.380 e. The number of hydrogen-bond acceptors (Lipinski definition) is 4. The van der Waals surface area contributed by atoms with Crippen molar-refractivity contribution in [3.05, 3.63) is 11.3 Å². The number of nitrogens with two attached hydrogens (primary N) is 1. The maximum atomic E-state index is 6.14. The average molecular weight is 282 g/mol. The van der Waals surface area contributed by atoms with Crippen molar-refractivity contribution >= 4 is 5.82 Å². The van der Waals surface area contributed by atoms with Gasteiger partial charge < -0.3 is 15.4 Å². The lowest BCUT2D eigenvalue weighted by atomic mass is 10.0. The number of hydrogen-bond donors (Lipinski definition) is 1. The van der Waals surface area contributed by atoms with E-state index in [1.165, 1.54) is 11.4 Å². The van der Waals surface area contributed by atoms with Gasteiger partial charge in [0.15, 0.2) is 0 Å². The van der Waals surface area contributed by atoms with Crippen LogP contribution in [0.3, 0.4) is 0 Å². The van der Waals surface area contributed by atoms with Crippen molar-refractivity contribution in [3.8, 4) is 0 Å². The molecule has 0 aliphatic rings. The summed E-state index contributed by atoms with van der Waals surface area (Å²) >= 11 is 0. The van der Waals surface area contributed by atoms with Crippen LogP contribution >= 0.6 is 0 Å². The highest BCUT2D eigenvalue weighted by atomic mass is 16.5. The van der Waals surface area contributed by atoms with Crippen LogP contribution in [0.5, 0.6) is 0 Å². The van der Waals surface area contributed by atoms with Gasteiger partial charge in [0, 0.05) is 38.3 Å². The lowest BCUT2D eigenvalue weighted by Crippen LogP contribution is -2.31. The Kier molecular flexibility index (Phi) is 7.02. The number of nitrogens with zero attached hydrogens (tertiary/aromatic N) is 3. The minimum atomic E-state index is 0.197. The zero-order valence-corrected chi connectivity index (χ0v) is 13.6. The molecule has 5 heteroatoms. The molecular formula is C15H30N4O. The molecule has 0 fully saturated rings. The number of likely N-dealkylation sites (N-methyl/N-ethyl adjacent to an activating group) is 1. The molecule has 0 aromatic carbocycles. The minimum absolute atomic E-state index is 0.197.